The van der Waals surface area contributed by atoms with Crippen molar-refractivity contribution < 1.29 is 4.39 Å². The topological polar surface area (TPSA) is 0 Å². The Kier molecular flexibility index (Phi) is 10.7. The molecular weight excluding hydrogens is 313 g/mol. The molecule has 0 bridgehead atoms. The summed E-state index contributed by atoms with van der Waals surface area (Å²) in [4.78, 5) is 0. The lowest BCUT2D eigenvalue weighted by Gasteiger charge is -2.46. The second kappa shape index (κ2) is 12.5. The van der Waals surface area contributed by atoms with Crippen LogP contribution in [0.5, 0.6) is 0 Å². The van der Waals surface area contributed by atoms with Crippen molar-refractivity contribution >= 4 is 6.85 Å². The van der Waals surface area contributed by atoms with Gasteiger partial charge in [-0.15, -0.1) is 0 Å². The van der Waals surface area contributed by atoms with E-state index in [1.165, 1.54) is 107 Å². The highest BCUT2D eigenvalue weighted by Gasteiger charge is 2.50. The molecular formula is C24H49BN+. The highest BCUT2D eigenvalue weighted by Crippen LogP contribution is 2.41. The molecule has 2 aliphatic rings. The van der Waals surface area contributed by atoms with E-state index >= 15 is 0 Å². The highest BCUT2D eigenvalue weighted by atomic mass is 15.3. The van der Waals surface area contributed by atoms with Crippen LogP contribution in [0.1, 0.15) is 111 Å². The van der Waals surface area contributed by atoms with Gasteiger partial charge in [-0.05, 0) is 50.2 Å². The summed E-state index contributed by atoms with van der Waals surface area (Å²) < 4.78 is 1.54. The zero-order chi connectivity index (χ0) is 18.7. The molecule has 152 valence electrons. The summed E-state index contributed by atoms with van der Waals surface area (Å²) in [5, 5.41) is 0. The molecule has 0 aromatic carbocycles. The molecule has 0 radical (unpaired) electrons. The zero-order valence-corrected chi connectivity index (χ0v) is 18.6. The minimum atomic E-state index is 1.03. The molecule has 2 heterocycles. The first-order valence-corrected chi connectivity index (χ1v) is 12.6. The Balaban J connectivity index is 1.75. The van der Waals surface area contributed by atoms with Crippen LogP contribution in [-0.4, -0.2) is 30.9 Å². The van der Waals surface area contributed by atoms with E-state index in [0.717, 1.165) is 18.7 Å². The van der Waals surface area contributed by atoms with Gasteiger partial charge in [0.2, 0.25) is 0 Å². The van der Waals surface area contributed by atoms with Crippen molar-refractivity contribution in [2.45, 2.75) is 123 Å². The normalized spacial score (nSPS) is 26.9. The SMILES string of the molecule is CCCCCCCC[N+]12CCCB1CC(C(CC)CCCCCC)CC2. The average Bonchev–Trinajstić information content (AvgIpc) is 3.08. The summed E-state index contributed by atoms with van der Waals surface area (Å²) in [6.07, 6.45) is 23.7. The van der Waals surface area contributed by atoms with Crippen molar-refractivity contribution in [2.24, 2.45) is 11.8 Å². The van der Waals surface area contributed by atoms with E-state index < -0.39 is 0 Å². The van der Waals surface area contributed by atoms with Crippen LogP contribution in [0, 0.1) is 11.8 Å². The van der Waals surface area contributed by atoms with Crippen LogP contribution in [0.15, 0.2) is 0 Å². The van der Waals surface area contributed by atoms with Crippen LogP contribution >= 0.6 is 0 Å². The molecule has 0 spiro atoms. The van der Waals surface area contributed by atoms with Crippen LogP contribution in [-0.2, 0) is 0 Å². The van der Waals surface area contributed by atoms with Crippen molar-refractivity contribution in [1.29, 1.82) is 0 Å². The van der Waals surface area contributed by atoms with Gasteiger partial charge in [0, 0.05) is 0 Å². The largest absolute Gasteiger partial charge is 0.407 e. The number of rotatable bonds is 14. The lowest BCUT2D eigenvalue weighted by Crippen LogP contribution is -2.59. The lowest BCUT2D eigenvalue weighted by molar-refractivity contribution is -0.826. The van der Waals surface area contributed by atoms with Crippen molar-refractivity contribution in [1.82, 2.24) is 0 Å². The van der Waals surface area contributed by atoms with Crippen molar-refractivity contribution in [3.8, 4) is 0 Å². The van der Waals surface area contributed by atoms with Gasteiger partial charge in [0.1, 0.15) is 0 Å². The van der Waals surface area contributed by atoms with E-state index in [2.05, 4.69) is 20.8 Å². The molecule has 2 heteroatoms. The Bertz CT molecular complexity index is 358. The van der Waals surface area contributed by atoms with Crippen LogP contribution < -0.4 is 0 Å². The average molecular weight is 362 g/mol. The fraction of sp³-hybridized carbons (Fsp3) is 1.00. The summed E-state index contributed by atoms with van der Waals surface area (Å²) in [5.41, 5.74) is 0. The smallest absolute Gasteiger partial charge is 0.394 e. The summed E-state index contributed by atoms with van der Waals surface area (Å²) in [5.74, 6) is 2.09. The standard InChI is InChI=1S/C24H49BN/c1-4-7-9-11-12-14-19-26-20-15-18-25(26)22-24(17-21-26)23(6-3)16-13-10-8-5-2/h23-24H,4-22H2,1-3H3/q+1. The molecule has 2 aliphatic heterocycles. The molecule has 2 saturated heterocycles. The first-order chi connectivity index (χ1) is 12.8. The molecule has 0 N–H and O–H groups in total. The van der Waals surface area contributed by atoms with Crippen LogP contribution in [0.4, 0.5) is 0 Å². The number of hydrogen-bond acceptors (Lipinski definition) is 0. The van der Waals surface area contributed by atoms with Crippen molar-refractivity contribution in [2.75, 3.05) is 19.6 Å². The van der Waals surface area contributed by atoms with Gasteiger partial charge in [0.25, 0.3) is 0 Å². The molecule has 0 aromatic rings. The molecule has 3 atom stereocenters. The molecule has 0 aromatic heterocycles. The Hall–Kier alpha value is 0.0249. The predicted octanol–water partition coefficient (Wildman–Crippen LogP) is 7.58. The van der Waals surface area contributed by atoms with Crippen molar-refractivity contribution in [3.05, 3.63) is 0 Å². The van der Waals surface area contributed by atoms with Crippen LogP contribution in [0.25, 0.3) is 0 Å². The van der Waals surface area contributed by atoms with E-state index in [9.17, 15) is 0 Å². The quantitative estimate of drug-likeness (QED) is 0.221. The maximum atomic E-state index is 2.46. The van der Waals surface area contributed by atoms with Gasteiger partial charge in [-0.2, -0.15) is 0 Å². The third-order valence-corrected chi connectivity index (χ3v) is 8.01. The molecule has 3 unspecified atom stereocenters. The Morgan fingerprint density at radius 3 is 2.27 bits per heavy atom. The predicted molar refractivity (Wildman–Crippen MR) is 119 cm³/mol. The number of hydrogen-bond donors (Lipinski definition) is 0. The van der Waals surface area contributed by atoms with Gasteiger partial charge in [-0.1, -0.05) is 85.0 Å². The van der Waals surface area contributed by atoms with Gasteiger partial charge in [-0.3, -0.25) is 0 Å². The first kappa shape index (κ1) is 22.3. The van der Waals surface area contributed by atoms with E-state index in [-0.39, 0.29) is 0 Å². The summed E-state index contributed by atoms with van der Waals surface area (Å²) >= 11 is 0. The zero-order valence-electron chi connectivity index (χ0n) is 18.6. The van der Waals surface area contributed by atoms with Gasteiger partial charge in [-0.25, -0.2) is 0 Å². The summed E-state index contributed by atoms with van der Waals surface area (Å²) in [6, 6.07) is 0. The summed E-state index contributed by atoms with van der Waals surface area (Å²) in [6.45, 7) is 12.7. The molecule has 0 aliphatic carbocycles. The fourth-order valence-electron chi connectivity index (χ4n) is 6.27. The molecule has 0 amide bonds. The van der Waals surface area contributed by atoms with Gasteiger partial charge in [0.05, 0.1) is 19.6 Å². The molecule has 1 nitrogen and oxygen atoms in total. The van der Waals surface area contributed by atoms with Crippen molar-refractivity contribution in [3.63, 3.8) is 0 Å². The first-order valence-electron chi connectivity index (χ1n) is 12.6. The second-order valence-electron chi connectivity index (χ2n) is 9.76. The number of quaternary nitrogens is 1. The highest BCUT2D eigenvalue weighted by molar-refractivity contribution is 6.51. The maximum Gasteiger partial charge on any atom is 0.407 e. The van der Waals surface area contributed by atoms with Crippen LogP contribution in [0.3, 0.4) is 0 Å². The molecule has 2 rings (SSSR count). The molecule has 2 fully saturated rings. The van der Waals surface area contributed by atoms with Gasteiger partial charge in [0.15, 0.2) is 0 Å². The minimum absolute atomic E-state index is 1.03. The van der Waals surface area contributed by atoms with E-state index in [1.807, 2.05) is 0 Å². The van der Waals surface area contributed by atoms with E-state index in [0.29, 0.717) is 0 Å². The maximum absolute atomic E-state index is 2.46. The van der Waals surface area contributed by atoms with Crippen LogP contribution in [0.2, 0.25) is 12.6 Å². The third kappa shape index (κ3) is 6.57. The monoisotopic (exact) mass is 362 g/mol. The minimum Gasteiger partial charge on any atom is -0.394 e. The Morgan fingerprint density at radius 2 is 1.54 bits per heavy atom. The number of fused-ring (bicyclic) bond motifs is 1. The molecule has 26 heavy (non-hydrogen) atoms. The fourth-order valence-corrected chi connectivity index (χ4v) is 6.27. The number of nitrogens with zero attached hydrogens (tertiary/aromatic N) is 1. The third-order valence-electron chi connectivity index (χ3n) is 8.01. The number of unbranched alkanes of at least 4 members (excludes halogenated alkanes) is 8. The van der Waals surface area contributed by atoms with E-state index in [4.69, 9.17) is 0 Å². The Labute approximate surface area is 166 Å². The van der Waals surface area contributed by atoms with Gasteiger partial charge < -0.3 is 4.39 Å². The second-order valence-corrected chi connectivity index (χ2v) is 9.76. The Morgan fingerprint density at radius 1 is 0.846 bits per heavy atom. The summed E-state index contributed by atoms with van der Waals surface area (Å²) in [7, 11) is 0. The molecule has 0 saturated carbocycles. The lowest BCUT2D eigenvalue weighted by atomic mass is 9.47. The van der Waals surface area contributed by atoms with Gasteiger partial charge >= 0.3 is 6.85 Å². The van der Waals surface area contributed by atoms with E-state index in [1.54, 1.807) is 19.1 Å².